The van der Waals surface area contributed by atoms with Crippen LogP contribution in [0.2, 0.25) is 10.0 Å². The van der Waals surface area contributed by atoms with Crippen molar-refractivity contribution >= 4 is 44.8 Å². The Balaban J connectivity index is 1.84. The van der Waals surface area contributed by atoms with Crippen molar-refractivity contribution in [3.8, 4) is 5.88 Å². The molecule has 0 saturated heterocycles. The third kappa shape index (κ3) is 2.66. The average Bonchev–Trinajstić information content (AvgIpc) is 2.86. The molecule has 0 aliphatic heterocycles. The van der Waals surface area contributed by atoms with Gasteiger partial charge in [-0.2, -0.15) is 0 Å². The molecule has 96 valence electrons. The number of fused-ring (bicyclic) bond motifs is 1. The van der Waals surface area contributed by atoms with Gasteiger partial charge in [0.25, 0.3) is 0 Å². The van der Waals surface area contributed by atoms with Gasteiger partial charge in [0.2, 0.25) is 5.88 Å². The summed E-state index contributed by atoms with van der Waals surface area (Å²) in [6, 6.07) is 7.27. The van der Waals surface area contributed by atoms with Crippen LogP contribution in [0.4, 0.5) is 0 Å². The maximum absolute atomic E-state index is 6.10. The average molecular weight is 311 g/mol. The zero-order valence-corrected chi connectivity index (χ0v) is 12.0. The number of rotatable bonds is 3. The van der Waals surface area contributed by atoms with E-state index in [4.69, 9.17) is 27.9 Å². The number of thiophene rings is 1. The third-order valence-corrected chi connectivity index (χ3v) is 4.01. The summed E-state index contributed by atoms with van der Waals surface area (Å²) in [5, 5.41) is 4.07. The van der Waals surface area contributed by atoms with Crippen molar-refractivity contribution in [1.29, 1.82) is 0 Å². The smallest absolute Gasteiger partial charge is 0.225 e. The van der Waals surface area contributed by atoms with E-state index in [0.29, 0.717) is 22.5 Å². The van der Waals surface area contributed by atoms with Gasteiger partial charge in [0, 0.05) is 15.6 Å². The van der Waals surface area contributed by atoms with E-state index in [1.165, 1.54) is 6.33 Å². The van der Waals surface area contributed by atoms with Crippen LogP contribution in [0.25, 0.3) is 10.2 Å². The molecule has 1 aromatic carbocycles. The summed E-state index contributed by atoms with van der Waals surface area (Å²) in [5.74, 6) is 0.567. The van der Waals surface area contributed by atoms with Crippen LogP contribution in [-0.2, 0) is 6.61 Å². The second-order valence-corrected chi connectivity index (χ2v) is 5.58. The molecule has 0 N–H and O–H groups in total. The van der Waals surface area contributed by atoms with E-state index in [9.17, 15) is 0 Å². The van der Waals surface area contributed by atoms with Gasteiger partial charge in [-0.1, -0.05) is 29.3 Å². The van der Waals surface area contributed by atoms with Crippen LogP contribution < -0.4 is 4.74 Å². The first kappa shape index (κ1) is 12.7. The van der Waals surface area contributed by atoms with Gasteiger partial charge >= 0.3 is 0 Å². The Bertz CT molecular complexity index is 729. The summed E-state index contributed by atoms with van der Waals surface area (Å²) in [6.45, 7) is 0.345. The molecular formula is C13H8Cl2N2OS. The standard InChI is InChI=1S/C13H8Cl2N2OS/c14-9-2-1-8(11(15)5-9)6-18-12-10-3-4-19-13(10)17-7-16-12/h1-5,7H,6H2. The van der Waals surface area contributed by atoms with Crippen molar-refractivity contribution < 1.29 is 4.74 Å². The lowest BCUT2D eigenvalue weighted by molar-refractivity contribution is 0.298. The lowest BCUT2D eigenvalue weighted by Gasteiger charge is -2.07. The minimum absolute atomic E-state index is 0.345. The van der Waals surface area contributed by atoms with Crippen molar-refractivity contribution in [1.82, 2.24) is 9.97 Å². The SMILES string of the molecule is Clc1ccc(COc2ncnc3sccc23)c(Cl)c1. The number of ether oxygens (including phenoxy) is 1. The molecule has 2 aromatic heterocycles. The third-order valence-electron chi connectivity index (χ3n) is 2.60. The van der Waals surface area contributed by atoms with Gasteiger partial charge in [-0.05, 0) is 23.6 Å². The van der Waals surface area contributed by atoms with E-state index < -0.39 is 0 Å². The van der Waals surface area contributed by atoms with Crippen molar-refractivity contribution in [2.24, 2.45) is 0 Å². The molecule has 0 radical (unpaired) electrons. The van der Waals surface area contributed by atoms with Gasteiger partial charge in [-0.3, -0.25) is 0 Å². The molecule has 0 bridgehead atoms. The zero-order valence-electron chi connectivity index (χ0n) is 9.64. The van der Waals surface area contributed by atoms with Crippen molar-refractivity contribution in [2.45, 2.75) is 6.61 Å². The van der Waals surface area contributed by atoms with Gasteiger partial charge in [0.05, 0.1) is 5.39 Å². The van der Waals surface area contributed by atoms with Crippen LogP contribution in [0, 0.1) is 0 Å². The summed E-state index contributed by atoms with van der Waals surface area (Å²) >= 11 is 13.5. The van der Waals surface area contributed by atoms with Gasteiger partial charge in [0.1, 0.15) is 17.8 Å². The molecule has 3 rings (SSSR count). The van der Waals surface area contributed by atoms with Crippen molar-refractivity contribution in [2.75, 3.05) is 0 Å². The van der Waals surface area contributed by atoms with Crippen molar-refractivity contribution in [3.05, 3.63) is 51.6 Å². The number of hydrogen-bond acceptors (Lipinski definition) is 4. The number of benzene rings is 1. The second-order valence-electron chi connectivity index (χ2n) is 3.84. The van der Waals surface area contributed by atoms with E-state index in [1.807, 2.05) is 17.5 Å². The highest BCUT2D eigenvalue weighted by Gasteiger charge is 2.07. The topological polar surface area (TPSA) is 35.0 Å². The van der Waals surface area contributed by atoms with E-state index in [2.05, 4.69) is 9.97 Å². The first-order chi connectivity index (χ1) is 9.24. The maximum atomic E-state index is 6.10. The predicted octanol–water partition coefficient (Wildman–Crippen LogP) is 4.58. The summed E-state index contributed by atoms with van der Waals surface area (Å²) in [7, 11) is 0. The van der Waals surface area contributed by atoms with Crippen LogP contribution in [0.3, 0.4) is 0 Å². The normalized spacial score (nSPS) is 10.8. The fraction of sp³-hybridized carbons (Fsp3) is 0.0769. The first-order valence-electron chi connectivity index (χ1n) is 5.49. The summed E-state index contributed by atoms with van der Waals surface area (Å²) in [6.07, 6.45) is 1.50. The second kappa shape index (κ2) is 5.33. The number of halogens is 2. The Morgan fingerprint density at radius 2 is 2.05 bits per heavy atom. The van der Waals surface area contributed by atoms with Crippen LogP contribution in [0.5, 0.6) is 5.88 Å². The minimum Gasteiger partial charge on any atom is -0.472 e. The van der Waals surface area contributed by atoms with Crippen LogP contribution >= 0.6 is 34.5 Å². The molecule has 0 atom stereocenters. The monoisotopic (exact) mass is 310 g/mol. The van der Waals surface area contributed by atoms with E-state index in [0.717, 1.165) is 15.8 Å². The molecule has 3 nitrogen and oxygen atoms in total. The highest BCUT2D eigenvalue weighted by atomic mass is 35.5. The Hall–Kier alpha value is -1.36. The highest BCUT2D eigenvalue weighted by Crippen LogP contribution is 2.27. The molecule has 19 heavy (non-hydrogen) atoms. The molecule has 0 amide bonds. The number of hydrogen-bond donors (Lipinski definition) is 0. The van der Waals surface area contributed by atoms with Crippen molar-refractivity contribution in [3.63, 3.8) is 0 Å². The molecule has 3 aromatic rings. The van der Waals surface area contributed by atoms with Gasteiger partial charge in [-0.25, -0.2) is 9.97 Å². The molecule has 0 aliphatic carbocycles. The van der Waals surface area contributed by atoms with Crippen LogP contribution in [-0.4, -0.2) is 9.97 Å². The lowest BCUT2D eigenvalue weighted by atomic mass is 10.2. The Labute approximate surface area is 123 Å². The first-order valence-corrected chi connectivity index (χ1v) is 7.12. The maximum Gasteiger partial charge on any atom is 0.225 e. The minimum atomic E-state index is 0.345. The quantitative estimate of drug-likeness (QED) is 0.710. The van der Waals surface area contributed by atoms with Crippen LogP contribution in [0.15, 0.2) is 36.0 Å². The predicted molar refractivity (Wildman–Crippen MR) is 78.2 cm³/mol. The summed E-state index contributed by atoms with van der Waals surface area (Å²) in [5.41, 5.74) is 0.869. The Morgan fingerprint density at radius 3 is 2.89 bits per heavy atom. The summed E-state index contributed by atoms with van der Waals surface area (Å²) < 4.78 is 5.71. The molecule has 2 heterocycles. The van der Waals surface area contributed by atoms with Gasteiger partial charge in [0.15, 0.2) is 0 Å². The fourth-order valence-electron chi connectivity index (χ4n) is 1.67. The molecule has 0 aliphatic rings. The Morgan fingerprint density at radius 1 is 1.16 bits per heavy atom. The number of nitrogens with zero attached hydrogens (tertiary/aromatic N) is 2. The van der Waals surface area contributed by atoms with Gasteiger partial charge in [-0.15, -0.1) is 11.3 Å². The largest absolute Gasteiger partial charge is 0.472 e. The van der Waals surface area contributed by atoms with Crippen LogP contribution in [0.1, 0.15) is 5.56 Å². The molecule has 0 fully saturated rings. The zero-order chi connectivity index (χ0) is 13.2. The molecular weight excluding hydrogens is 303 g/mol. The Kier molecular flexibility index (Phi) is 3.55. The molecule has 6 heteroatoms. The fourth-order valence-corrected chi connectivity index (χ4v) is 2.85. The molecule has 0 spiro atoms. The van der Waals surface area contributed by atoms with E-state index in [-0.39, 0.29) is 0 Å². The lowest BCUT2D eigenvalue weighted by Crippen LogP contribution is -1.98. The van der Waals surface area contributed by atoms with Gasteiger partial charge < -0.3 is 4.74 Å². The summed E-state index contributed by atoms with van der Waals surface area (Å²) in [4.78, 5) is 9.22. The molecule has 0 unspecified atom stereocenters. The highest BCUT2D eigenvalue weighted by molar-refractivity contribution is 7.16. The number of aromatic nitrogens is 2. The van der Waals surface area contributed by atoms with E-state index in [1.54, 1.807) is 23.5 Å². The van der Waals surface area contributed by atoms with E-state index >= 15 is 0 Å². The molecule has 0 saturated carbocycles.